The van der Waals surface area contributed by atoms with Crippen molar-refractivity contribution in [3.63, 3.8) is 0 Å². The van der Waals surface area contributed by atoms with Crippen LogP contribution in [0.15, 0.2) is 24.3 Å². The fourth-order valence-corrected chi connectivity index (χ4v) is 4.94. The maximum atomic E-state index is 12.1. The minimum atomic E-state index is -2.95. The van der Waals surface area contributed by atoms with Gasteiger partial charge in [0.15, 0.2) is 9.84 Å². The van der Waals surface area contributed by atoms with Crippen molar-refractivity contribution in [1.82, 2.24) is 5.32 Å². The van der Waals surface area contributed by atoms with Gasteiger partial charge in [-0.3, -0.25) is 4.79 Å². The fourth-order valence-electron chi connectivity index (χ4n) is 2.29. The number of hydrogen-bond acceptors (Lipinski definition) is 4. The van der Waals surface area contributed by atoms with Crippen molar-refractivity contribution in [2.24, 2.45) is 0 Å². The highest BCUT2D eigenvalue weighted by atomic mass is 32.2. The number of thioether (sulfide) groups is 1. The molecule has 0 aliphatic carbocycles. The largest absolute Gasteiger partial charge is 0.351 e. The summed E-state index contributed by atoms with van der Waals surface area (Å²) in [7, 11) is -2.95. The first-order chi connectivity index (χ1) is 9.87. The molecule has 116 valence electrons. The first-order valence-corrected chi connectivity index (χ1v) is 9.91. The van der Waals surface area contributed by atoms with Crippen molar-refractivity contribution in [3.05, 3.63) is 35.4 Å². The first-order valence-electron chi connectivity index (χ1n) is 7.04. The van der Waals surface area contributed by atoms with Gasteiger partial charge in [-0.1, -0.05) is 24.3 Å². The third kappa shape index (κ3) is 4.74. The van der Waals surface area contributed by atoms with E-state index in [1.165, 1.54) is 11.1 Å². The van der Waals surface area contributed by atoms with Crippen LogP contribution in [0.1, 0.15) is 24.5 Å². The molecule has 1 fully saturated rings. The molecule has 21 heavy (non-hydrogen) atoms. The number of hydrogen-bond donors (Lipinski definition) is 1. The van der Waals surface area contributed by atoms with E-state index in [9.17, 15) is 13.2 Å². The highest BCUT2D eigenvalue weighted by molar-refractivity contribution is 7.99. The second kappa shape index (κ2) is 6.83. The first kappa shape index (κ1) is 16.4. The molecule has 1 aromatic rings. The lowest BCUT2D eigenvalue weighted by Gasteiger charge is -2.16. The molecule has 1 amide bonds. The van der Waals surface area contributed by atoms with Crippen molar-refractivity contribution >= 4 is 27.5 Å². The predicted octanol–water partition coefficient (Wildman–Crippen LogP) is 1.92. The third-order valence-electron chi connectivity index (χ3n) is 3.70. The van der Waals surface area contributed by atoms with E-state index >= 15 is 0 Å². The minimum absolute atomic E-state index is 0.0734. The molecule has 2 unspecified atom stereocenters. The summed E-state index contributed by atoms with van der Waals surface area (Å²) >= 11 is 1.57. The van der Waals surface area contributed by atoms with Crippen molar-refractivity contribution < 1.29 is 13.2 Å². The summed E-state index contributed by atoms with van der Waals surface area (Å²) in [4.78, 5) is 12.1. The van der Waals surface area contributed by atoms with Crippen LogP contribution < -0.4 is 5.32 Å². The highest BCUT2D eigenvalue weighted by Gasteiger charge is 2.29. The molecule has 6 heteroatoms. The molecule has 1 saturated heterocycles. The van der Waals surface area contributed by atoms with Gasteiger partial charge in [0.2, 0.25) is 5.91 Å². The molecule has 1 N–H and O–H groups in total. The Bertz CT molecular complexity index is 613. The van der Waals surface area contributed by atoms with Crippen LogP contribution in [-0.4, -0.2) is 37.1 Å². The van der Waals surface area contributed by atoms with Crippen LogP contribution in [0.5, 0.6) is 0 Å². The molecule has 2 atom stereocenters. The highest BCUT2D eigenvalue weighted by Crippen LogP contribution is 2.21. The molecular weight excluding hydrogens is 306 g/mol. The van der Waals surface area contributed by atoms with Crippen molar-refractivity contribution in [2.45, 2.75) is 37.3 Å². The normalized spacial score (nSPS) is 21.9. The number of rotatable bonds is 5. The summed E-state index contributed by atoms with van der Waals surface area (Å²) in [5.74, 6) is 0.969. The fraction of sp³-hybridized carbons (Fsp3) is 0.533. The number of sulfone groups is 1. The van der Waals surface area contributed by atoms with Gasteiger partial charge in [-0.2, -0.15) is 0 Å². The van der Waals surface area contributed by atoms with Crippen molar-refractivity contribution in [3.8, 4) is 0 Å². The van der Waals surface area contributed by atoms with Crippen LogP contribution in [0.25, 0.3) is 0 Å². The second-order valence-electron chi connectivity index (χ2n) is 5.49. The number of amides is 1. The van der Waals surface area contributed by atoms with Crippen LogP contribution in [-0.2, 0) is 20.4 Å². The molecule has 1 heterocycles. The Hall–Kier alpha value is -1.01. The summed E-state index contributed by atoms with van der Waals surface area (Å²) < 4.78 is 22.8. The van der Waals surface area contributed by atoms with E-state index in [4.69, 9.17) is 0 Å². The molecule has 0 aromatic heterocycles. The zero-order valence-corrected chi connectivity index (χ0v) is 14.0. The topological polar surface area (TPSA) is 63.2 Å². The van der Waals surface area contributed by atoms with Gasteiger partial charge in [0.05, 0.1) is 16.8 Å². The quantitative estimate of drug-likeness (QED) is 0.897. The summed E-state index contributed by atoms with van der Waals surface area (Å²) in [6.07, 6.45) is 0.531. The van der Waals surface area contributed by atoms with Crippen molar-refractivity contribution in [2.75, 3.05) is 11.5 Å². The van der Waals surface area contributed by atoms with E-state index in [1.807, 2.05) is 19.1 Å². The standard InChI is InChI=1S/C15H21NO3S2/c1-11-5-3-4-6-13(11)9-20-12(2)15(17)16-14-7-8-21(18,19)10-14/h3-6,12,14H,7-10H2,1-2H3,(H,16,17). The molecular formula is C15H21NO3S2. The van der Waals surface area contributed by atoms with E-state index in [0.29, 0.717) is 6.42 Å². The van der Waals surface area contributed by atoms with Crippen LogP contribution >= 0.6 is 11.8 Å². The number of aryl methyl sites for hydroxylation is 1. The maximum Gasteiger partial charge on any atom is 0.233 e. The summed E-state index contributed by atoms with van der Waals surface area (Å²) in [5, 5.41) is 2.66. The molecule has 1 aliphatic rings. The molecule has 0 spiro atoms. The SMILES string of the molecule is Cc1ccccc1CSC(C)C(=O)NC1CCS(=O)(=O)C1. The van der Waals surface area contributed by atoms with Crippen LogP contribution in [0.4, 0.5) is 0 Å². The Balaban J connectivity index is 1.82. The Morgan fingerprint density at radius 3 is 2.76 bits per heavy atom. The Morgan fingerprint density at radius 1 is 1.43 bits per heavy atom. The lowest BCUT2D eigenvalue weighted by atomic mass is 10.1. The number of benzene rings is 1. The average Bonchev–Trinajstić information content (AvgIpc) is 2.76. The lowest BCUT2D eigenvalue weighted by molar-refractivity contribution is -0.120. The van der Waals surface area contributed by atoms with E-state index in [2.05, 4.69) is 24.4 Å². The number of carbonyl (C=O) groups is 1. The summed E-state index contributed by atoms with van der Waals surface area (Å²) in [6, 6.07) is 7.90. The Morgan fingerprint density at radius 2 is 2.14 bits per heavy atom. The zero-order valence-electron chi connectivity index (χ0n) is 12.3. The number of carbonyl (C=O) groups excluding carboxylic acids is 1. The molecule has 0 radical (unpaired) electrons. The zero-order chi connectivity index (χ0) is 15.5. The smallest absolute Gasteiger partial charge is 0.233 e. The van der Waals surface area contributed by atoms with Gasteiger partial charge in [0, 0.05) is 11.8 Å². The van der Waals surface area contributed by atoms with E-state index in [1.54, 1.807) is 11.8 Å². The van der Waals surface area contributed by atoms with Gasteiger partial charge in [-0.15, -0.1) is 11.8 Å². The van der Waals surface area contributed by atoms with Gasteiger partial charge in [-0.25, -0.2) is 8.42 Å². The second-order valence-corrected chi connectivity index (χ2v) is 9.05. The minimum Gasteiger partial charge on any atom is -0.351 e. The predicted molar refractivity (Wildman–Crippen MR) is 87.1 cm³/mol. The average molecular weight is 327 g/mol. The van der Waals surface area contributed by atoms with Gasteiger partial charge < -0.3 is 5.32 Å². The third-order valence-corrected chi connectivity index (χ3v) is 6.66. The van der Waals surface area contributed by atoms with Crippen LogP contribution in [0, 0.1) is 6.92 Å². The Labute approximate surface area is 130 Å². The summed E-state index contributed by atoms with van der Waals surface area (Å²) in [5.41, 5.74) is 2.45. The van der Waals surface area contributed by atoms with E-state index in [0.717, 1.165) is 5.75 Å². The lowest BCUT2D eigenvalue weighted by Crippen LogP contribution is -2.40. The van der Waals surface area contributed by atoms with Gasteiger partial charge >= 0.3 is 0 Å². The van der Waals surface area contributed by atoms with Gasteiger partial charge in [0.25, 0.3) is 0 Å². The van der Waals surface area contributed by atoms with E-state index in [-0.39, 0.29) is 28.7 Å². The molecule has 2 rings (SSSR count). The molecule has 4 nitrogen and oxygen atoms in total. The van der Waals surface area contributed by atoms with Crippen LogP contribution in [0.3, 0.4) is 0 Å². The summed E-state index contributed by atoms with van der Waals surface area (Å²) in [6.45, 7) is 3.92. The van der Waals surface area contributed by atoms with E-state index < -0.39 is 9.84 Å². The maximum absolute atomic E-state index is 12.1. The molecule has 1 aliphatic heterocycles. The molecule has 1 aromatic carbocycles. The molecule has 0 saturated carbocycles. The van der Waals surface area contributed by atoms with Crippen LogP contribution in [0.2, 0.25) is 0 Å². The monoisotopic (exact) mass is 327 g/mol. The van der Waals surface area contributed by atoms with Gasteiger partial charge in [0.1, 0.15) is 0 Å². The molecule has 0 bridgehead atoms. The van der Waals surface area contributed by atoms with Gasteiger partial charge in [-0.05, 0) is 31.4 Å². The Kier molecular flexibility index (Phi) is 5.32. The number of nitrogens with one attached hydrogen (secondary N) is 1. The van der Waals surface area contributed by atoms with Crippen molar-refractivity contribution in [1.29, 1.82) is 0 Å².